The first-order valence-electron chi connectivity index (χ1n) is 16.3. The number of amides is 1. The van der Waals surface area contributed by atoms with E-state index < -0.39 is 60.4 Å². The Bertz CT molecular complexity index is 1440. The number of carbonyl (C=O) groups excluding carboxylic acids is 1. The summed E-state index contributed by atoms with van der Waals surface area (Å²) in [5.74, 6) is -0.276. The Morgan fingerprint density at radius 3 is 2.24 bits per heavy atom. The molecule has 5 fully saturated rings. The third-order valence-electron chi connectivity index (χ3n) is 11.5. The lowest BCUT2D eigenvalue weighted by molar-refractivity contribution is -0.295. The predicted octanol–water partition coefficient (Wildman–Crippen LogP) is 6.15. The number of rotatable bonds is 8. The Hall–Kier alpha value is -2.51. The zero-order valence-electron chi connectivity index (χ0n) is 27.4. The zero-order chi connectivity index (χ0) is 33.5. The molecule has 1 aliphatic heterocycles. The average molecular weight is 650 g/mol. The Labute approximate surface area is 267 Å². The van der Waals surface area contributed by atoms with Gasteiger partial charge in [-0.1, -0.05) is 17.3 Å². The van der Waals surface area contributed by atoms with Crippen molar-refractivity contribution >= 4 is 24.2 Å². The second-order valence-electron chi connectivity index (χ2n) is 15.6. The second kappa shape index (κ2) is 11.0. The van der Waals surface area contributed by atoms with Crippen LogP contribution in [-0.4, -0.2) is 57.8 Å². The van der Waals surface area contributed by atoms with Crippen molar-refractivity contribution in [2.45, 2.75) is 127 Å². The smallest absolute Gasteiger partial charge is 0.399 e. The minimum atomic E-state index is -4.80. The third-order valence-corrected chi connectivity index (χ3v) is 11.5. The molecule has 5 aliphatic rings. The first-order valence-corrected chi connectivity index (χ1v) is 16.3. The van der Waals surface area contributed by atoms with Crippen molar-refractivity contribution in [2.75, 3.05) is 11.4 Å². The number of carbonyl (C=O) groups is 1. The SMILES string of the molecule is CC(C)(F)c1nc(C23CCC(CC2)C(CCN(c2cccc(B4OC(C)(C)C(C)(C)O4)c2)C(=O)[C@H]2C[C@](O)(C(F)(F)F)C2)C3)no1. The molecule has 1 atom stereocenters. The number of fused-ring (bicyclic) bond motifs is 3. The molecule has 2 bridgehead atoms. The first kappa shape index (κ1) is 33.4. The fourth-order valence-corrected chi connectivity index (χ4v) is 7.73. The molecule has 1 unspecified atom stereocenters. The molecule has 1 aromatic carbocycles. The lowest BCUT2D eigenvalue weighted by atomic mass is 9.55. The molecule has 0 radical (unpaired) electrons. The van der Waals surface area contributed by atoms with Gasteiger partial charge in [0, 0.05) is 23.6 Å². The average Bonchev–Trinajstić information content (AvgIpc) is 3.55. The van der Waals surface area contributed by atoms with E-state index >= 15 is 0 Å². The topological polar surface area (TPSA) is 97.9 Å². The fraction of sp³-hybridized carbons (Fsp3) is 0.727. The molecule has 46 heavy (non-hydrogen) atoms. The summed E-state index contributed by atoms with van der Waals surface area (Å²) in [6.07, 6.45) is -1.11. The van der Waals surface area contributed by atoms with Crippen molar-refractivity contribution < 1.29 is 41.3 Å². The zero-order valence-corrected chi connectivity index (χ0v) is 27.4. The van der Waals surface area contributed by atoms with E-state index in [9.17, 15) is 27.5 Å². The number of anilines is 1. The quantitative estimate of drug-likeness (QED) is 0.271. The maximum atomic E-state index is 14.6. The molecule has 2 aromatic rings. The maximum Gasteiger partial charge on any atom is 0.494 e. The minimum absolute atomic E-state index is 0.0425. The van der Waals surface area contributed by atoms with Gasteiger partial charge >= 0.3 is 13.3 Å². The van der Waals surface area contributed by atoms with Crippen molar-refractivity contribution in [1.29, 1.82) is 0 Å². The van der Waals surface area contributed by atoms with Gasteiger partial charge in [-0.25, -0.2) is 4.39 Å². The summed E-state index contributed by atoms with van der Waals surface area (Å²) in [6, 6.07) is 7.22. The predicted molar refractivity (Wildman–Crippen MR) is 163 cm³/mol. The van der Waals surface area contributed by atoms with Crippen LogP contribution < -0.4 is 10.4 Å². The van der Waals surface area contributed by atoms with Gasteiger partial charge in [0.2, 0.25) is 5.91 Å². The number of hydrogen-bond acceptors (Lipinski definition) is 7. The van der Waals surface area contributed by atoms with Gasteiger partial charge in [-0.15, -0.1) is 0 Å². The van der Waals surface area contributed by atoms with Crippen LogP contribution >= 0.6 is 0 Å². The standard InChI is InChI=1S/C33H44BF4N3O5/c1-28(2,35)27-39-26(40-44-27)31-13-10-20(11-14-31)21(17-31)12-15-41(25(42)22-18-32(43,19-22)33(36,37)38)24-9-7-8-23(16-24)34-45-29(3,4)30(5,6)46-34/h7-9,16,20-22,43H,10-15,17-19H2,1-6H3/t20?,21?,22-,31?,32+. The highest BCUT2D eigenvalue weighted by Crippen LogP contribution is 2.55. The van der Waals surface area contributed by atoms with Crippen LogP contribution in [0, 0.1) is 17.8 Å². The highest BCUT2D eigenvalue weighted by molar-refractivity contribution is 6.62. The number of alkyl halides is 4. The molecule has 4 saturated carbocycles. The van der Waals surface area contributed by atoms with Crippen LogP contribution in [0.5, 0.6) is 0 Å². The van der Waals surface area contributed by atoms with E-state index in [1.165, 1.54) is 13.8 Å². The summed E-state index contributed by atoms with van der Waals surface area (Å²) in [7, 11) is -0.677. The fourth-order valence-electron chi connectivity index (χ4n) is 7.73. The van der Waals surface area contributed by atoms with Crippen LogP contribution in [0.4, 0.5) is 23.2 Å². The monoisotopic (exact) mass is 649 g/mol. The van der Waals surface area contributed by atoms with Crippen LogP contribution in [0.3, 0.4) is 0 Å². The number of hydrogen-bond donors (Lipinski definition) is 1. The Kier molecular flexibility index (Phi) is 8.00. The third kappa shape index (κ3) is 5.78. The van der Waals surface area contributed by atoms with Gasteiger partial charge in [-0.05, 0) is 122 Å². The molecule has 8 nitrogen and oxygen atoms in total. The highest BCUT2D eigenvalue weighted by Gasteiger charge is 2.63. The van der Waals surface area contributed by atoms with Crippen molar-refractivity contribution in [3.05, 3.63) is 36.0 Å². The number of aliphatic hydroxyl groups is 1. The summed E-state index contributed by atoms with van der Waals surface area (Å²) in [4.78, 5) is 19.9. The van der Waals surface area contributed by atoms with Crippen LogP contribution in [0.15, 0.2) is 28.8 Å². The van der Waals surface area contributed by atoms with Gasteiger partial charge in [0.25, 0.3) is 5.89 Å². The van der Waals surface area contributed by atoms with Crippen LogP contribution in [0.1, 0.15) is 105 Å². The molecule has 13 heteroatoms. The van der Waals surface area contributed by atoms with Gasteiger partial charge in [-0.2, -0.15) is 18.2 Å². The molecule has 252 valence electrons. The minimum Gasteiger partial charge on any atom is -0.399 e. The van der Waals surface area contributed by atoms with Crippen molar-refractivity contribution in [2.24, 2.45) is 17.8 Å². The number of aromatic nitrogens is 2. The van der Waals surface area contributed by atoms with Gasteiger partial charge < -0.3 is 23.8 Å². The Morgan fingerprint density at radius 2 is 1.67 bits per heavy atom. The van der Waals surface area contributed by atoms with E-state index in [2.05, 4.69) is 10.1 Å². The summed E-state index contributed by atoms with van der Waals surface area (Å²) in [6.45, 7) is 10.8. The molecular formula is C33H44BF4N3O5. The van der Waals surface area contributed by atoms with Crippen LogP contribution in [0.25, 0.3) is 0 Å². The van der Waals surface area contributed by atoms with Crippen LogP contribution in [0.2, 0.25) is 0 Å². The molecule has 7 rings (SSSR count). The summed E-state index contributed by atoms with van der Waals surface area (Å²) in [5, 5.41) is 14.3. The van der Waals surface area contributed by atoms with Gasteiger partial charge in [0.05, 0.1) is 11.2 Å². The van der Waals surface area contributed by atoms with Gasteiger partial charge in [-0.3, -0.25) is 4.79 Å². The van der Waals surface area contributed by atoms with E-state index in [0.717, 1.165) is 32.1 Å². The van der Waals surface area contributed by atoms with Gasteiger partial charge in [0.1, 0.15) is 0 Å². The molecule has 1 aromatic heterocycles. The number of halogens is 4. The van der Waals surface area contributed by atoms with E-state index in [1.807, 2.05) is 39.8 Å². The molecule has 1 amide bonds. The van der Waals surface area contributed by atoms with E-state index in [4.69, 9.17) is 13.8 Å². The van der Waals surface area contributed by atoms with Crippen LogP contribution in [-0.2, 0) is 25.2 Å². The maximum absolute atomic E-state index is 14.6. The van der Waals surface area contributed by atoms with Gasteiger partial charge in [0.15, 0.2) is 17.1 Å². The second-order valence-corrected chi connectivity index (χ2v) is 15.6. The molecular weight excluding hydrogens is 605 g/mol. The van der Waals surface area contributed by atoms with E-state index in [0.29, 0.717) is 35.9 Å². The van der Waals surface area contributed by atoms with Crippen molar-refractivity contribution in [1.82, 2.24) is 10.1 Å². The molecule has 4 aliphatic carbocycles. The number of benzene rings is 1. The lowest BCUT2D eigenvalue weighted by Crippen LogP contribution is -2.59. The van der Waals surface area contributed by atoms with Crippen molar-refractivity contribution in [3.8, 4) is 0 Å². The summed E-state index contributed by atoms with van der Waals surface area (Å²) >= 11 is 0. The Morgan fingerprint density at radius 1 is 1.04 bits per heavy atom. The molecule has 1 saturated heterocycles. The first-order chi connectivity index (χ1) is 21.2. The lowest BCUT2D eigenvalue weighted by Gasteiger charge is -2.50. The molecule has 0 spiro atoms. The van der Waals surface area contributed by atoms with E-state index in [1.54, 1.807) is 17.0 Å². The summed E-state index contributed by atoms with van der Waals surface area (Å²) < 4.78 is 72.7. The molecule has 2 heterocycles. The van der Waals surface area contributed by atoms with Crippen molar-refractivity contribution in [3.63, 3.8) is 0 Å². The highest BCUT2D eigenvalue weighted by atomic mass is 19.4. The molecule has 1 N–H and O–H groups in total. The van der Waals surface area contributed by atoms with E-state index in [-0.39, 0.29) is 17.2 Å². The normalized spacial score (nSPS) is 32.0. The largest absolute Gasteiger partial charge is 0.494 e. The number of nitrogens with zero attached hydrogens (tertiary/aromatic N) is 3. The summed E-state index contributed by atoms with van der Waals surface area (Å²) in [5.41, 5.74) is -4.84. The Balaban J connectivity index is 1.24.